The standard InChI is InChI=1S/C14H30N2O/c1-5-13(6-2)16(9-10-17-4)11-14(15-3)12-7-8-12/h12-15H,5-11H2,1-4H3. The molecule has 0 aromatic heterocycles. The van der Waals surface area contributed by atoms with E-state index in [9.17, 15) is 0 Å². The van der Waals surface area contributed by atoms with Gasteiger partial charge < -0.3 is 10.1 Å². The molecule has 0 radical (unpaired) electrons. The van der Waals surface area contributed by atoms with Crippen LogP contribution in [0.5, 0.6) is 0 Å². The first kappa shape index (κ1) is 14.9. The number of ether oxygens (including phenoxy) is 1. The number of nitrogens with one attached hydrogen (secondary N) is 1. The van der Waals surface area contributed by atoms with Gasteiger partial charge in [-0.2, -0.15) is 0 Å². The van der Waals surface area contributed by atoms with Crippen LogP contribution in [0.3, 0.4) is 0 Å². The van der Waals surface area contributed by atoms with E-state index in [0.29, 0.717) is 12.1 Å². The first-order chi connectivity index (χ1) is 8.26. The molecule has 0 heterocycles. The van der Waals surface area contributed by atoms with Gasteiger partial charge in [-0.1, -0.05) is 13.8 Å². The minimum atomic E-state index is 0.674. The van der Waals surface area contributed by atoms with Gasteiger partial charge in [0.1, 0.15) is 0 Å². The molecule has 1 unspecified atom stereocenters. The lowest BCUT2D eigenvalue weighted by molar-refractivity contribution is 0.105. The molecule has 0 spiro atoms. The molecule has 3 heteroatoms. The maximum Gasteiger partial charge on any atom is 0.0589 e. The van der Waals surface area contributed by atoms with Crippen LogP contribution >= 0.6 is 0 Å². The van der Waals surface area contributed by atoms with Crippen molar-refractivity contribution in [2.24, 2.45) is 5.92 Å². The van der Waals surface area contributed by atoms with E-state index in [4.69, 9.17) is 4.74 Å². The zero-order chi connectivity index (χ0) is 12.7. The van der Waals surface area contributed by atoms with Crippen LogP contribution in [0.15, 0.2) is 0 Å². The second kappa shape index (κ2) is 8.06. The van der Waals surface area contributed by atoms with Gasteiger partial charge in [-0.3, -0.25) is 4.90 Å². The average molecular weight is 242 g/mol. The Kier molecular flexibility index (Phi) is 7.09. The Morgan fingerprint density at radius 2 is 1.94 bits per heavy atom. The lowest BCUT2D eigenvalue weighted by Gasteiger charge is -2.33. The molecule has 1 aliphatic carbocycles. The summed E-state index contributed by atoms with van der Waals surface area (Å²) in [7, 11) is 3.89. The van der Waals surface area contributed by atoms with E-state index < -0.39 is 0 Å². The summed E-state index contributed by atoms with van der Waals surface area (Å²) in [6, 6.07) is 1.38. The number of methoxy groups -OCH3 is 1. The molecule has 1 saturated carbocycles. The number of nitrogens with zero attached hydrogens (tertiary/aromatic N) is 1. The molecule has 0 aliphatic heterocycles. The third kappa shape index (κ3) is 4.94. The zero-order valence-corrected chi connectivity index (χ0v) is 12.0. The first-order valence-corrected chi connectivity index (χ1v) is 7.17. The van der Waals surface area contributed by atoms with Crippen LogP contribution < -0.4 is 5.32 Å². The topological polar surface area (TPSA) is 24.5 Å². The smallest absolute Gasteiger partial charge is 0.0589 e. The maximum atomic E-state index is 5.24. The van der Waals surface area contributed by atoms with E-state index in [1.807, 2.05) is 0 Å². The summed E-state index contributed by atoms with van der Waals surface area (Å²) in [6.07, 6.45) is 5.29. The monoisotopic (exact) mass is 242 g/mol. The maximum absolute atomic E-state index is 5.24. The van der Waals surface area contributed by atoms with Crippen molar-refractivity contribution in [3.63, 3.8) is 0 Å². The van der Waals surface area contributed by atoms with Crippen molar-refractivity contribution in [3.8, 4) is 0 Å². The van der Waals surface area contributed by atoms with E-state index in [1.54, 1.807) is 7.11 Å². The molecule has 1 atom stereocenters. The number of hydrogen-bond donors (Lipinski definition) is 1. The van der Waals surface area contributed by atoms with Crippen molar-refractivity contribution in [1.82, 2.24) is 10.2 Å². The van der Waals surface area contributed by atoms with Crippen LogP contribution in [0.4, 0.5) is 0 Å². The molecule has 0 amide bonds. The van der Waals surface area contributed by atoms with Gasteiger partial charge in [-0.25, -0.2) is 0 Å². The minimum absolute atomic E-state index is 0.674. The lowest BCUT2D eigenvalue weighted by atomic mass is 10.1. The molecule has 102 valence electrons. The molecule has 0 aromatic carbocycles. The first-order valence-electron chi connectivity index (χ1n) is 7.17. The molecule has 17 heavy (non-hydrogen) atoms. The van der Waals surface area contributed by atoms with Crippen molar-refractivity contribution in [2.45, 2.75) is 51.6 Å². The van der Waals surface area contributed by atoms with Crippen molar-refractivity contribution in [1.29, 1.82) is 0 Å². The normalized spacial score (nSPS) is 18.0. The van der Waals surface area contributed by atoms with Gasteiger partial charge in [0, 0.05) is 32.3 Å². The molecule has 1 N–H and O–H groups in total. The fourth-order valence-electron chi connectivity index (χ4n) is 2.66. The summed E-state index contributed by atoms with van der Waals surface area (Å²) in [6.45, 7) is 7.67. The predicted molar refractivity (Wildman–Crippen MR) is 73.4 cm³/mol. The molecular formula is C14H30N2O. The minimum Gasteiger partial charge on any atom is -0.383 e. The Morgan fingerprint density at radius 1 is 1.29 bits per heavy atom. The van der Waals surface area contributed by atoms with E-state index in [1.165, 1.54) is 32.2 Å². The highest BCUT2D eigenvalue weighted by molar-refractivity contribution is 4.88. The van der Waals surface area contributed by atoms with Gasteiger partial charge in [0.15, 0.2) is 0 Å². The van der Waals surface area contributed by atoms with Crippen molar-refractivity contribution in [3.05, 3.63) is 0 Å². The van der Waals surface area contributed by atoms with E-state index in [2.05, 4.69) is 31.1 Å². The quantitative estimate of drug-likeness (QED) is 0.635. The molecule has 1 fully saturated rings. The van der Waals surface area contributed by atoms with Crippen LogP contribution in [-0.4, -0.2) is 50.8 Å². The number of hydrogen-bond acceptors (Lipinski definition) is 3. The predicted octanol–water partition coefficient (Wildman–Crippen LogP) is 2.12. The SMILES string of the molecule is CCC(CC)N(CCOC)CC(NC)C1CC1. The Morgan fingerprint density at radius 3 is 2.35 bits per heavy atom. The number of likely N-dealkylation sites (N-methyl/N-ethyl adjacent to an activating group) is 1. The summed E-state index contributed by atoms with van der Waals surface area (Å²) in [4.78, 5) is 2.61. The van der Waals surface area contributed by atoms with Gasteiger partial charge >= 0.3 is 0 Å². The molecule has 0 aromatic rings. The second-order valence-corrected chi connectivity index (χ2v) is 5.19. The van der Waals surface area contributed by atoms with Crippen LogP contribution in [0.1, 0.15) is 39.5 Å². The van der Waals surface area contributed by atoms with Crippen LogP contribution in [0, 0.1) is 5.92 Å². The Hall–Kier alpha value is -0.120. The summed E-state index contributed by atoms with van der Waals surface area (Å²) < 4.78 is 5.24. The van der Waals surface area contributed by atoms with E-state index in [0.717, 1.165) is 19.1 Å². The summed E-state index contributed by atoms with van der Waals surface area (Å²) in [5, 5.41) is 3.49. The van der Waals surface area contributed by atoms with Crippen LogP contribution in [0.2, 0.25) is 0 Å². The van der Waals surface area contributed by atoms with Crippen molar-refractivity contribution in [2.75, 3.05) is 33.9 Å². The van der Waals surface area contributed by atoms with Crippen molar-refractivity contribution >= 4 is 0 Å². The summed E-state index contributed by atoms with van der Waals surface area (Å²) in [5.41, 5.74) is 0. The van der Waals surface area contributed by atoms with Crippen molar-refractivity contribution < 1.29 is 4.74 Å². The molecule has 0 saturated heterocycles. The summed E-state index contributed by atoms with van der Waals surface area (Å²) in [5.74, 6) is 0.916. The van der Waals surface area contributed by atoms with Gasteiger partial charge in [-0.05, 0) is 38.6 Å². The van der Waals surface area contributed by atoms with E-state index >= 15 is 0 Å². The molecule has 1 aliphatic rings. The highest BCUT2D eigenvalue weighted by Gasteiger charge is 2.32. The fourth-order valence-corrected chi connectivity index (χ4v) is 2.66. The average Bonchev–Trinajstić information content (AvgIpc) is 3.17. The lowest BCUT2D eigenvalue weighted by Crippen LogP contribution is -2.46. The number of rotatable bonds is 10. The fraction of sp³-hybridized carbons (Fsp3) is 1.00. The zero-order valence-electron chi connectivity index (χ0n) is 12.0. The van der Waals surface area contributed by atoms with Gasteiger partial charge in [0.2, 0.25) is 0 Å². The van der Waals surface area contributed by atoms with Gasteiger partial charge in [0.05, 0.1) is 6.61 Å². The van der Waals surface area contributed by atoms with Gasteiger partial charge in [0.25, 0.3) is 0 Å². The highest BCUT2D eigenvalue weighted by Crippen LogP contribution is 2.33. The molecule has 0 bridgehead atoms. The Labute approximate surface area is 107 Å². The third-order valence-corrected chi connectivity index (χ3v) is 4.03. The molecule has 1 rings (SSSR count). The van der Waals surface area contributed by atoms with Crippen LogP contribution in [0.25, 0.3) is 0 Å². The molecular weight excluding hydrogens is 212 g/mol. The Bertz CT molecular complexity index is 191. The highest BCUT2D eigenvalue weighted by atomic mass is 16.5. The molecule has 3 nitrogen and oxygen atoms in total. The second-order valence-electron chi connectivity index (χ2n) is 5.19. The summed E-state index contributed by atoms with van der Waals surface area (Å²) >= 11 is 0. The third-order valence-electron chi connectivity index (χ3n) is 4.03. The van der Waals surface area contributed by atoms with Gasteiger partial charge in [-0.15, -0.1) is 0 Å². The largest absolute Gasteiger partial charge is 0.383 e. The van der Waals surface area contributed by atoms with E-state index in [-0.39, 0.29) is 0 Å². The Balaban J connectivity index is 2.47. The van der Waals surface area contributed by atoms with Crippen LogP contribution in [-0.2, 0) is 4.74 Å².